The first-order valence-corrected chi connectivity index (χ1v) is 3.67. The van der Waals surface area contributed by atoms with Crippen LogP contribution in [0.25, 0.3) is 5.53 Å². The molecule has 0 saturated heterocycles. The number of nitrogens with zero attached hydrogens (tertiary/aromatic N) is 2. The predicted octanol–water partition coefficient (Wildman–Crippen LogP) is 1.60. The molecule has 0 aliphatic rings. The average Bonchev–Trinajstić information content (AvgIpc) is 2.00. The lowest BCUT2D eigenvalue weighted by Gasteiger charge is -1.92. The Morgan fingerprint density at radius 3 is 2.55 bits per heavy atom. The van der Waals surface area contributed by atoms with Crippen molar-refractivity contribution in [2.24, 2.45) is 0 Å². The highest BCUT2D eigenvalue weighted by Gasteiger charge is 2.06. The van der Waals surface area contributed by atoms with Crippen LogP contribution in [0.1, 0.15) is 26.7 Å². The Morgan fingerprint density at radius 1 is 1.55 bits per heavy atom. The van der Waals surface area contributed by atoms with Crippen molar-refractivity contribution < 1.29 is 9.58 Å². The van der Waals surface area contributed by atoms with Crippen molar-refractivity contribution in [1.29, 1.82) is 0 Å². The van der Waals surface area contributed by atoms with Gasteiger partial charge in [0.05, 0.1) is 0 Å². The number of Topliss-reactive ketones (excluding diaryl/α,β-unsaturated/α-hetero) is 1. The van der Waals surface area contributed by atoms with Gasteiger partial charge >= 0.3 is 6.21 Å². The fourth-order valence-corrected chi connectivity index (χ4v) is 0.801. The van der Waals surface area contributed by atoms with Gasteiger partial charge < -0.3 is 5.53 Å². The minimum atomic E-state index is -0.211. The van der Waals surface area contributed by atoms with Gasteiger partial charge in [-0.15, -0.1) is 0 Å². The van der Waals surface area contributed by atoms with E-state index in [0.717, 1.165) is 12.6 Å². The van der Waals surface area contributed by atoms with Gasteiger partial charge in [-0.3, -0.25) is 4.79 Å². The van der Waals surface area contributed by atoms with E-state index >= 15 is 0 Å². The SMILES string of the molecule is CC/C=C(\CC)C(=O)C=[N+]=[N-]. The highest BCUT2D eigenvalue weighted by Crippen LogP contribution is 2.01. The Morgan fingerprint density at radius 2 is 2.18 bits per heavy atom. The lowest BCUT2D eigenvalue weighted by molar-refractivity contribution is -0.112. The van der Waals surface area contributed by atoms with Crippen molar-refractivity contribution in [3.8, 4) is 0 Å². The third-order valence-corrected chi connectivity index (χ3v) is 1.32. The number of rotatable bonds is 4. The Labute approximate surface area is 66.3 Å². The van der Waals surface area contributed by atoms with Crippen molar-refractivity contribution in [3.63, 3.8) is 0 Å². The minimum Gasteiger partial charge on any atom is -0.361 e. The normalized spacial score (nSPS) is 10.5. The monoisotopic (exact) mass is 152 g/mol. The van der Waals surface area contributed by atoms with Gasteiger partial charge in [-0.1, -0.05) is 19.9 Å². The van der Waals surface area contributed by atoms with Gasteiger partial charge in [0.25, 0.3) is 5.78 Å². The van der Waals surface area contributed by atoms with Crippen molar-refractivity contribution in [1.82, 2.24) is 0 Å². The Hall–Kier alpha value is -1.21. The van der Waals surface area contributed by atoms with E-state index in [1.807, 2.05) is 19.9 Å². The third kappa shape index (κ3) is 3.48. The zero-order chi connectivity index (χ0) is 8.69. The van der Waals surface area contributed by atoms with Crippen LogP contribution in [0.2, 0.25) is 0 Å². The number of ketones is 1. The molecule has 0 unspecified atom stereocenters. The number of carbonyl (C=O) groups excluding carboxylic acids is 1. The summed E-state index contributed by atoms with van der Waals surface area (Å²) in [7, 11) is 0. The van der Waals surface area contributed by atoms with Crippen LogP contribution < -0.4 is 0 Å². The molecule has 60 valence electrons. The summed E-state index contributed by atoms with van der Waals surface area (Å²) in [6, 6.07) is 0. The summed E-state index contributed by atoms with van der Waals surface area (Å²) in [5.74, 6) is -0.211. The maximum atomic E-state index is 11.0. The van der Waals surface area contributed by atoms with E-state index in [9.17, 15) is 4.79 Å². The molecular weight excluding hydrogens is 140 g/mol. The van der Waals surface area contributed by atoms with E-state index in [4.69, 9.17) is 5.53 Å². The van der Waals surface area contributed by atoms with Gasteiger partial charge in [-0.05, 0) is 12.8 Å². The summed E-state index contributed by atoms with van der Waals surface area (Å²) in [5, 5.41) is 0. The van der Waals surface area contributed by atoms with E-state index in [0.29, 0.717) is 12.0 Å². The largest absolute Gasteiger partial charge is 0.361 e. The molecule has 0 bridgehead atoms. The van der Waals surface area contributed by atoms with Gasteiger partial charge in [0.2, 0.25) is 0 Å². The lowest BCUT2D eigenvalue weighted by Crippen LogP contribution is -2.03. The van der Waals surface area contributed by atoms with Crippen LogP contribution in [0, 0.1) is 0 Å². The molecule has 3 heteroatoms. The molecule has 0 aliphatic heterocycles. The molecule has 0 aliphatic carbocycles. The molecule has 0 spiro atoms. The molecule has 0 saturated carbocycles. The second-order valence-electron chi connectivity index (χ2n) is 2.10. The topological polar surface area (TPSA) is 53.5 Å². The molecular formula is C8H12N2O. The lowest BCUT2D eigenvalue weighted by atomic mass is 10.1. The fourth-order valence-electron chi connectivity index (χ4n) is 0.801. The molecule has 0 radical (unpaired) electrons. The number of carbonyl (C=O) groups is 1. The fraction of sp³-hybridized carbons (Fsp3) is 0.500. The highest BCUT2D eigenvalue weighted by atomic mass is 16.1. The molecule has 0 aromatic carbocycles. The van der Waals surface area contributed by atoms with E-state index in [2.05, 4.69) is 4.79 Å². The quantitative estimate of drug-likeness (QED) is 0.261. The van der Waals surface area contributed by atoms with Gasteiger partial charge in [-0.2, -0.15) is 4.79 Å². The molecule has 0 fully saturated rings. The predicted molar refractivity (Wildman–Crippen MR) is 43.4 cm³/mol. The summed E-state index contributed by atoms with van der Waals surface area (Å²) in [6.07, 6.45) is 4.27. The van der Waals surface area contributed by atoms with Crippen LogP contribution >= 0.6 is 0 Å². The average molecular weight is 152 g/mol. The molecule has 0 rings (SSSR count). The number of hydrogen-bond donors (Lipinski definition) is 0. The van der Waals surface area contributed by atoms with Crippen LogP contribution in [0.15, 0.2) is 11.6 Å². The molecule has 0 atom stereocenters. The van der Waals surface area contributed by atoms with Crippen LogP contribution in [-0.4, -0.2) is 16.8 Å². The minimum absolute atomic E-state index is 0.211. The standard InChI is InChI=1S/C8H12N2O/c1-3-5-7(4-2)8(11)6-10-9/h5-6H,3-4H2,1-2H3/b7-5+. The second kappa shape index (κ2) is 5.57. The first kappa shape index (κ1) is 9.79. The Bertz CT molecular complexity index is 212. The highest BCUT2D eigenvalue weighted by molar-refractivity contribution is 6.33. The number of allylic oxidation sites excluding steroid dienone is 2. The van der Waals surface area contributed by atoms with Crippen LogP contribution in [0.3, 0.4) is 0 Å². The third-order valence-electron chi connectivity index (χ3n) is 1.32. The second-order valence-corrected chi connectivity index (χ2v) is 2.10. The zero-order valence-electron chi connectivity index (χ0n) is 6.87. The van der Waals surface area contributed by atoms with Crippen molar-refractivity contribution in [2.75, 3.05) is 0 Å². The maximum Gasteiger partial charge on any atom is 0.327 e. The first-order chi connectivity index (χ1) is 5.26. The molecule has 0 aromatic heterocycles. The summed E-state index contributed by atoms with van der Waals surface area (Å²) in [4.78, 5) is 13.7. The Kier molecular flexibility index (Phi) is 4.95. The summed E-state index contributed by atoms with van der Waals surface area (Å²) >= 11 is 0. The number of hydrogen-bond acceptors (Lipinski definition) is 1. The zero-order valence-corrected chi connectivity index (χ0v) is 6.87. The van der Waals surface area contributed by atoms with Gasteiger partial charge in [0.15, 0.2) is 0 Å². The molecule has 0 amide bonds. The van der Waals surface area contributed by atoms with Crippen molar-refractivity contribution in [2.45, 2.75) is 26.7 Å². The smallest absolute Gasteiger partial charge is 0.327 e. The summed E-state index contributed by atoms with van der Waals surface area (Å²) < 4.78 is 0. The van der Waals surface area contributed by atoms with Crippen LogP contribution in [-0.2, 0) is 4.79 Å². The molecule has 11 heavy (non-hydrogen) atoms. The Balaban J connectivity index is 4.38. The van der Waals surface area contributed by atoms with E-state index in [1.54, 1.807) is 0 Å². The van der Waals surface area contributed by atoms with Crippen molar-refractivity contribution in [3.05, 3.63) is 17.2 Å². The van der Waals surface area contributed by atoms with Crippen LogP contribution in [0.5, 0.6) is 0 Å². The van der Waals surface area contributed by atoms with Gasteiger partial charge in [-0.25, -0.2) is 0 Å². The van der Waals surface area contributed by atoms with E-state index < -0.39 is 0 Å². The first-order valence-electron chi connectivity index (χ1n) is 3.67. The molecule has 3 nitrogen and oxygen atoms in total. The molecule has 0 N–H and O–H groups in total. The van der Waals surface area contributed by atoms with Gasteiger partial charge in [0.1, 0.15) is 0 Å². The van der Waals surface area contributed by atoms with Crippen LogP contribution in [0.4, 0.5) is 0 Å². The summed E-state index contributed by atoms with van der Waals surface area (Å²) in [6.45, 7) is 3.85. The maximum absolute atomic E-state index is 11.0. The summed E-state index contributed by atoms with van der Waals surface area (Å²) in [5.41, 5.74) is 8.77. The van der Waals surface area contributed by atoms with E-state index in [1.165, 1.54) is 0 Å². The van der Waals surface area contributed by atoms with Crippen molar-refractivity contribution >= 4 is 12.0 Å². The van der Waals surface area contributed by atoms with Gasteiger partial charge in [0, 0.05) is 5.57 Å². The van der Waals surface area contributed by atoms with E-state index in [-0.39, 0.29) is 5.78 Å². The molecule has 0 heterocycles. The molecule has 0 aromatic rings.